The Labute approximate surface area is 138 Å². The molecule has 0 saturated heterocycles. The fourth-order valence-corrected chi connectivity index (χ4v) is 2.37. The number of aryl methyl sites for hydroxylation is 1. The second-order valence-corrected chi connectivity index (χ2v) is 5.30. The zero-order valence-corrected chi connectivity index (χ0v) is 13.3. The van der Waals surface area contributed by atoms with Crippen LogP contribution in [-0.2, 0) is 0 Å². The van der Waals surface area contributed by atoms with E-state index in [9.17, 15) is 9.18 Å². The van der Waals surface area contributed by atoms with E-state index < -0.39 is 11.7 Å². The zero-order chi connectivity index (χ0) is 17.1. The van der Waals surface area contributed by atoms with Gasteiger partial charge in [0.1, 0.15) is 17.3 Å². The molecule has 1 heterocycles. The van der Waals surface area contributed by atoms with E-state index in [4.69, 9.17) is 9.15 Å². The van der Waals surface area contributed by atoms with Crippen LogP contribution >= 0.6 is 0 Å². The summed E-state index contributed by atoms with van der Waals surface area (Å²) in [5.74, 6) is 0.113. The number of carbonyl (C=O) groups excluding carboxylic acids is 1. The predicted octanol–water partition coefficient (Wildman–Crippen LogP) is 4.66. The van der Waals surface area contributed by atoms with Gasteiger partial charge < -0.3 is 14.5 Å². The lowest BCUT2D eigenvalue weighted by Gasteiger charge is -2.10. The molecule has 0 fully saturated rings. The van der Waals surface area contributed by atoms with Crippen LogP contribution in [0.4, 0.5) is 10.1 Å². The number of rotatable bonds is 4. The summed E-state index contributed by atoms with van der Waals surface area (Å²) in [6.07, 6.45) is 0. The summed E-state index contributed by atoms with van der Waals surface area (Å²) in [5, 5.41) is 2.75. The van der Waals surface area contributed by atoms with Gasteiger partial charge in [-0.1, -0.05) is 18.2 Å². The van der Waals surface area contributed by atoms with Gasteiger partial charge in [-0.05, 0) is 48.9 Å². The van der Waals surface area contributed by atoms with Gasteiger partial charge in [-0.2, -0.15) is 0 Å². The number of furan rings is 1. The van der Waals surface area contributed by atoms with E-state index in [1.165, 1.54) is 19.2 Å². The van der Waals surface area contributed by atoms with E-state index in [1.54, 1.807) is 36.4 Å². The lowest BCUT2D eigenvalue weighted by molar-refractivity contribution is 0.0997. The monoisotopic (exact) mass is 325 g/mol. The van der Waals surface area contributed by atoms with Gasteiger partial charge in [0.05, 0.1) is 18.4 Å². The molecule has 0 radical (unpaired) electrons. The van der Waals surface area contributed by atoms with Crippen LogP contribution < -0.4 is 10.1 Å². The van der Waals surface area contributed by atoms with Crippen molar-refractivity contribution in [3.63, 3.8) is 0 Å². The molecule has 24 heavy (non-hydrogen) atoms. The van der Waals surface area contributed by atoms with Gasteiger partial charge in [-0.3, -0.25) is 4.79 Å². The molecule has 3 aromatic rings. The van der Waals surface area contributed by atoms with Crippen molar-refractivity contribution in [2.24, 2.45) is 0 Å². The summed E-state index contributed by atoms with van der Waals surface area (Å²) in [6, 6.07) is 14.8. The third-order valence-electron chi connectivity index (χ3n) is 3.57. The van der Waals surface area contributed by atoms with Crippen LogP contribution in [0.5, 0.6) is 5.75 Å². The number of ether oxygens (including phenoxy) is 1. The van der Waals surface area contributed by atoms with E-state index in [0.29, 0.717) is 22.8 Å². The molecule has 0 aliphatic rings. The highest BCUT2D eigenvalue weighted by atomic mass is 19.1. The van der Waals surface area contributed by atoms with Gasteiger partial charge in [-0.15, -0.1) is 0 Å². The standard InChI is InChI=1S/C19H16FNO3/c1-12-7-8-17(23-2)15(11-12)21-19(22)18-10-9-16(24-18)13-5-3-4-6-14(13)20/h3-11H,1-2H3,(H,21,22). The zero-order valence-electron chi connectivity index (χ0n) is 13.3. The first-order valence-corrected chi connectivity index (χ1v) is 7.39. The number of halogens is 1. The first-order chi connectivity index (χ1) is 11.6. The minimum atomic E-state index is -0.429. The van der Waals surface area contributed by atoms with Crippen LogP contribution in [0.2, 0.25) is 0 Å². The van der Waals surface area contributed by atoms with Crippen LogP contribution in [0.25, 0.3) is 11.3 Å². The summed E-state index contributed by atoms with van der Waals surface area (Å²) < 4.78 is 24.5. The average molecular weight is 325 g/mol. The molecule has 0 aliphatic heterocycles. The average Bonchev–Trinajstić information content (AvgIpc) is 3.05. The number of anilines is 1. The molecule has 0 atom stereocenters. The molecule has 1 aromatic heterocycles. The maximum Gasteiger partial charge on any atom is 0.291 e. The Morgan fingerprint density at radius 3 is 2.67 bits per heavy atom. The van der Waals surface area contributed by atoms with Crippen molar-refractivity contribution in [2.75, 3.05) is 12.4 Å². The number of methoxy groups -OCH3 is 1. The highest BCUT2D eigenvalue weighted by Crippen LogP contribution is 2.28. The molecule has 5 heteroatoms. The van der Waals surface area contributed by atoms with Gasteiger partial charge >= 0.3 is 0 Å². The molecule has 1 N–H and O–H groups in total. The maximum atomic E-state index is 13.8. The number of hydrogen-bond acceptors (Lipinski definition) is 3. The van der Waals surface area contributed by atoms with Crippen LogP contribution in [-0.4, -0.2) is 13.0 Å². The van der Waals surface area contributed by atoms with Crippen molar-refractivity contribution in [2.45, 2.75) is 6.92 Å². The minimum Gasteiger partial charge on any atom is -0.495 e. The van der Waals surface area contributed by atoms with Crippen molar-refractivity contribution in [3.05, 3.63) is 71.7 Å². The summed E-state index contributed by atoms with van der Waals surface area (Å²) >= 11 is 0. The number of carbonyl (C=O) groups is 1. The van der Waals surface area contributed by atoms with Crippen LogP contribution in [0.15, 0.2) is 59.0 Å². The molecule has 4 nitrogen and oxygen atoms in total. The first-order valence-electron chi connectivity index (χ1n) is 7.39. The quantitative estimate of drug-likeness (QED) is 0.759. The Morgan fingerprint density at radius 1 is 1.12 bits per heavy atom. The second kappa shape index (κ2) is 6.58. The first kappa shape index (κ1) is 15.8. The summed E-state index contributed by atoms with van der Waals surface area (Å²) in [5.41, 5.74) is 1.84. The Bertz CT molecular complexity index is 886. The number of hydrogen-bond donors (Lipinski definition) is 1. The van der Waals surface area contributed by atoms with Crippen LogP contribution in [0, 0.1) is 12.7 Å². The van der Waals surface area contributed by atoms with Crippen LogP contribution in [0.1, 0.15) is 16.1 Å². The van der Waals surface area contributed by atoms with E-state index in [0.717, 1.165) is 5.56 Å². The summed E-state index contributed by atoms with van der Waals surface area (Å²) in [7, 11) is 1.53. The lowest BCUT2D eigenvalue weighted by atomic mass is 10.1. The van der Waals surface area contributed by atoms with Gasteiger partial charge in [0.2, 0.25) is 0 Å². The normalized spacial score (nSPS) is 10.5. The molecule has 1 amide bonds. The van der Waals surface area contributed by atoms with E-state index in [-0.39, 0.29) is 5.76 Å². The van der Waals surface area contributed by atoms with E-state index in [2.05, 4.69) is 5.32 Å². The lowest BCUT2D eigenvalue weighted by Crippen LogP contribution is -2.11. The van der Waals surface area contributed by atoms with Gasteiger partial charge in [-0.25, -0.2) is 4.39 Å². The van der Waals surface area contributed by atoms with E-state index in [1.807, 2.05) is 13.0 Å². The highest BCUT2D eigenvalue weighted by molar-refractivity contribution is 6.03. The molecular formula is C19H16FNO3. The minimum absolute atomic E-state index is 0.0943. The predicted molar refractivity (Wildman–Crippen MR) is 89.8 cm³/mol. The number of amides is 1. The number of nitrogens with one attached hydrogen (secondary N) is 1. The topological polar surface area (TPSA) is 51.5 Å². The highest BCUT2D eigenvalue weighted by Gasteiger charge is 2.16. The van der Waals surface area contributed by atoms with Crippen molar-refractivity contribution in [1.82, 2.24) is 0 Å². The van der Waals surface area contributed by atoms with Crippen molar-refractivity contribution in [3.8, 4) is 17.1 Å². The third kappa shape index (κ3) is 3.15. The SMILES string of the molecule is COc1ccc(C)cc1NC(=O)c1ccc(-c2ccccc2F)o1. The van der Waals surface area contributed by atoms with Crippen molar-refractivity contribution >= 4 is 11.6 Å². The van der Waals surface area contributed by atoms with Gasteiger partial charge in [0.25, 0.3) is 5.91 Å². The molecular weight excluding hydrogens is 309 g/mol. The second-order valence-electron chi connectivity index (χ2n) is 5.30. The maximum absolute atomic E-state index is 13.8. The molecule has 0 saturated carbocycles. The number of benzene rings is 2. The van der Waals surface area contributed by atoms with E-state index >= 15 is 0 Å². The van der Waals surface area contributed by atoms with Crippen LogP contribution in [0.3, 0.4) is 0 Å². The van der Waals surface area contributed by atoms with Crippen molar-refractivity contribution in [1.29, 1.82) is 0 Å². The Kier molecular flexibility index (Phi) is 4.33. The third-order valence-corrected chi connectivity index (χ3v) is 3.57. The smallest absolute Gasteiger partial charge is 0.291 e. The van der Waals surface area contributed by atoms with Gasteiger partial charge in [0, 0.05) is 0 Å². The fourth-order valence-electron chi connectivity index (χ4n) is 2.37. The molecule has 0 bridgehead atoms. The fraction of sp³-hybridized carbons (Fsp3) is 0.105. The molecule has 2 aromatic carbocycles. The molecule has 0 unspecified atom stereocenters. The molecule has 0 spiro atoms. The summed E-state index contributed by atoms with van der Waals surface area (Å²) in [4.78, 5) is 12.4. The Morgan fingerprint density at radius 2 is 1.92 bits per heavy atom. The largest absolute Gasteiger partial charge is 0.495 e. The van der Waals surface area contributed by atoms with Gasteiger partial charge in [0.15, 0.2) is 5.76 Å². The Balaban J connectivity index is 1.85. The molecule has 122 valence electrons. The molecule has 3 rings (SSSR count). The Hall–Kier alpha value is -3.08. The van der Waals surface area contributed by atoms with Crippen molar-refractivity contribution < 1.29 is 18.3 Å². The summed E-state index contributed by atoms with van der Waals surface area (Å²) in [6.45, 7) is 1.91. The molecule has 0 aliphatic carbocycles.